The topological polar surface area (TPSA) is 33.4 Å². The average molecular weight is 397 g/mol. The molecular weight excluding hydrogens is 371 g/mol. The normalized spacial score (nSPS) is 10.6. The fourth-order valence-corrected chi connectivity index (χ4v) is 3.84. The Hall–Kier alpha value is -2.73. The van der Waals surface area contributed by atoms with E-state index in [0.717, 1.165) is 40.0 Å². The molecule has 0 radical (unpaired) electrons. The molecule has 0 aliphatic heterocycles. The molecule has 0 saturated heterocycles. The zero-order valence-electron chi connectivity index (χ0n) is 16.9. The van der Waals surface area contributed by atoms with Gasteiger partial charge in [-0.2, -0.15) is 0 Å². The number of hydrogen-bond acceptors (Lipinski definition) is 4. The number of pyridine rings is 1. The molecule has 1 aromatic carbocycles. The smallest absolute Gasteiger partial charge is 0.191 e. The molecule has 0 N–H and O–H groups in total. The Labute approximate surface area is 169 Å². The Morgan fingerprint density at radius 2 is 1.79 bits per heavy atom. The predicted octanol–water partition coefficient (Wildman–Crippen LogP) is 6.26. The molecule has 4 aromatic rings. The van der Waals surface area contributed by atoms with E-state index in [-0.39, 0.29) is 5.82 Å². The number of fused-ring (bicyclic) bond motifs is 1. The molecule has 0 unspecified atom stereocenters. The highest BCUT2D eigenvalue weighted by atomic mass is 32.1. The molecule has 3 heterocycles. The molecule has 4 rings (SSSR count). The third-order valence-electron chi connectivity index (χ3n) is 4.38. The monoisotopic (exact) mass is 396 g/mol. The van der Waals surface area contributed by atoms with Gasteiger partial charge in [0.05, 0.1) is 11.4 Å². The van der Waals surface area contributed by atoms with Gasteiger partial charge in [-0.05, 0) is 49.2 Å². The first-order valence-electron chi connectivity index (χ1n) is 9.49. The maximum atomic E-state index is 13.2. The van der Waals surface area contributed by atoms with Crippen molar-refractivity contribution in [3.63, 3.8) is 0 Å². The number of halogens is 1. The fraction of sp³-hybridized carbons (Fsp3) is 0.273. The Morgan fingerprint density at radius 1 is 1.07 bits per heavy atom. The van der Waals surface area contributed by atoms with E-state index in [9.17, 15) is 4.39 Å². The van der Waals surface area contributed by atoms with Crippen LogP contribution in [-0.2, 0) is 6.42 Å². The summed E-state index contributed by atoms with van der Waals surface area (Å²) in [5.74, 6) is 0.793. The summed E-state index contributed by atoms with van der Waals surface area (Å²) in [5.41, 5.74) is 4.91. The first-order valence-corrected chi connectivity index (χ1v) is 10.4. The number of aryl methyl sites for hydroxylation is 2. The van der Waals surface area contributed by atoms with Crippen molar-refractivity contribution in [3.05, 3.63) is 65.0 Å². The van der Waals surface area contributed by atoms with Crippen molar-refractivity contribution in [2.75, 3.05) is 11.9 Å². The van der Waals surface area contributed by atoms with Crippen molar-refractivity contribution in [1.82, 2.24) is 14.4 Å². The largest absolute Gasteiger partial charge is 0.305 e. The molecule has 3 aromatic heterocycles. The van der Waals surface area contributed by atoms with Crippen LogP contribution in [0.2, 0.25) is 0 Å². The molecule has 4 nitrogen and oxygen atoms in total. The van der Waals surface area contributed by atoms with Crippen molar-refractivity contribution < 1.29 is 4.39 Å². The molecule has 6 heteroatoms. The van der Waals surface area contributed by atoms with Gasteiger partial charge in [-0.1, -0.05) is 26.8 Å². The van der Waals surface area contributed by atoms with Gasteiger partial charge in [0.2, 0.25) is 0 Å². The van der Waals surface area contributed by atoms with E-state index < -0.39 is 0 Å². The molecule has 0 amide bonds. The fourth-order valence-electron chi connectivity index (χ4n) is 3.04. The highest BCUT2D eigenvalue weighted by Gasteiger charge is 2.19. The van der Waals surface area contributed by atoms with E-state index >= 15 is 0 Å². The lowest BCUT2D eigenvalue weighted by Gasteiger charge is -2.17. The van der Waals surface area contributed by atoms with E-state index in [1.54, 1.807) is 23.5 Å². The van der Waals surface area contributed by atoms with Crippen LogP contribution in [0.15, 0.2) is 48.0 Å². The number of anilines is 2. The number of nitrogens with zero attached hydrogens (tertiary/aromatic N) is 4. The van der Waals surface area contributed by atoms with Gasteiger partial charge in [-0.15, -0.1) is 11.3 Å². The van der Waals surface area contributed by atoms with Crippen LogP contribution in [0.25, 0.3) is 16.9 Å². The van der Waals surface area contributed by atoms with Gasteiger partial charge < -0.3 is 4.90 Å². The average Bonchev–Trinajstić information content (AvgIpc) is 3.34. The van der Waals surface area contributed by atoms with Crippen LogP contribution in [0.1, 0.15) is 32.0 Å². The lowest BCUT2D eigenvalue weighted by Crippen LogP contribution is -2.13. The molecule has 0 aliphatic rings. The van der Waals surface area contributed by atoms with Crippen LogP contribution in [-0.4, -0.2) is 21.4 Å². The van der Waals surface area contributed by atoms with E-state index in [2.05, 4.69) is 35.4 Å². The van der Waals surface area contributed by atoms with Crippen molar-refractivity contribution in [2.45, 2.75) is 34.1 Å². The van der Waals surface area contributed by atoms with Crippen LogP contribution in [0.5, 0.6) is 0 Å². The molecular formula is C22H25FN4S. The molecule has 0 saturated carbocycles. The summed E-state index contributed by atoms with van der Waals surface area (Å²) in [6.45, 7) is 8.18. The molecule has 146 valence electrons. The standard InChI is InChI=1S/C20H19FN4S.C2H6/c1-4-16-19(25-11-13(2)5-10-18(25)22-16)24(3)20-23-17(12-26-20)14-6-8-15(21)9-7-14;1-2/h5-12H,4H2,1-3H3;1-2H3. The second-order valence-electron chi connectivity index (χ2n) is 6.25. The summed E-state index contributed by atoms with van der Waals surface area (Å²) >= 11 is 1.57. The van der Waals surface area contributed by atoms with Gasteiger partial charge in [-0.3, -0.25) is 4.40 Å². The third kappa shape index (κ3) is 3.78. The van der Waals surface area contributed by atoms with Crippen molar-refractivity contribution in [2.24, 2.45) is 0 Å². The van der Waals surface area contributed by atoms with Crippen LogP contribution >= 0.6 is 11.3 Å². The summed E-state index contributed by atoms with van der Waals surface area (Å²) in [4.78, 5) is 11.6. The number of aromatic nitrogens is 3. The Kier molecular flexibility index (Phi) is 6.09. The Morgan fingerprint density at radius 3 is 2.46 bits per heavy atom. The highest BCUT2D eigenvalue weighted by Crippen LogP contribution is 2.33. The van der Waals surface area contributed by atoms with Crippen molar-refractivity contribution >= 4 is 27.9 Å². The Bertz CT molecular complexity index is 1070. The number of benzene rings is 1. The molecule has 0 aliphatic carbocycles. The highest BCUT2D eigenvalue weighted by molar-refractivity contribution is 7.14. The van der Waals surface area contributed by atoms with Crippen LogP contribution in [0.4, 0.5) is 15.3 Å². The Balaban J connectivity index is 0.00000109. The number of hydrogen-bond donors (Lipinski definition) is 0. The number of rotatable bonds is 4. The minimum absolute atomic E-state index is 0.241. The first-order chi connectivity index (χ1) is 13.6. The first kappa shape index (κ1) is 20.0. The minimum Gasteiger partial charge on any atom is -0.305 e. The van der Waals surface area contributed by atoms with Gasteiger partial charge in [0, 0.05) is 24.2 Å². The quantitative estimate of drug-likeness (QED) is 0.408. The molecule has 0 atom stereocenters. The summed E-state index contributed by atoms with van der Waals surface area (Å²) in [6.07, 6.45) is 2.94. The summed E-state index contributed by atoms with van der Waals surface area (Å²) in [6, 6.07) is 10.5. The maximum absolute atomic E-state index is 13.2. The third-order valence-corrected chi connectivity index (χ3v) is 5.30. The zero-order chi connectivity index (χ0) is 20.3. The molecule has 0 fully saturated rings. The van der Waals surface area contributed by atoms with Crippen molar-refractivity contribution in [3.8, 4) is 11.3 Å². The van der Waals surface area contributed by atoms with E-state index in [1.807, 2.05) is 32.3 Å². The second kappa shape index (κ2) is 8.52. The van der Waals surface area contributed by atoms with E-state index in [4.69, 9.17) is 9.97 Å². The van der Waals surface area contributed by atoms with Crippen molar-refractivity contribution in [1.29, 1.82) is 0 Å². The van der Waals surface area contributed by atoms with Crippen LogP contribution < -0.4 is 4.90 Å². The number of imidazole rings is 1. The molecule has 28 heavy (non-hydrogen) atoms. The lowest BCUT2D eigenvalue weighted by molar-refractivity contribution is 0.628. The summed E-state index contributed by atoms with van der Waals surface area (Å²) in [7, 11) is 2.01. The lowest BCUT2D eigenvalue weighted by atomic mass is 10.2. The van der Waals surface area contributed by atoms with Gasteiger partial charge >= 0.3 is 0 Å². The van der Waals surface area contributed by atoms with Gasteiger partial charge in [0.25, 0.3) is 0 Å². The zero-order valence-corrected chi connectivity index (χ0v) is 17.7. The van der Waals surface area contributed by atoms with E-state index in [1.165, 1.54) is 17.7 Å². The van der Waals surface area contributed by atoms with E-state index in [0.29, 0.717) is 0 Å². The van der Waals surface area contributed by atoms with Crippen LogP contribution in [0.3, 0.4) is 0 Å². The maximum Gasteiger partial charge on any atom is 0.191 e. The summed E-state index contributed by atoms with van der Waals surface area (Å²) < 4.78 is 15.3. The number of thiazole rings is 1. The van der Waals surface area contributed by atoms with Gasteiger partial charge in [0.1, 0.15) is 17.3 Å². The predicted molar refractivity (Wildman–Crippen MR) is 116 cm³/mol. The van der Waals surface area contributed by atoms with Crippen LogP contribution in [0, 0.1) is 12.7 Å². The molecule has 0 bridgehead atoms. The van der Waals surface area contributed by atoms with Gasteiger partial charge in [-0.25, -0.2) is 14.4 Å². The SMILES string of the molecule is CC.CCc1nc2ccc(C)cn2c1N(C)c1nc(-c2ccc(F)cc2)cs1. The minimum atomic E-state index is -0.241. The second-order valence-corrected chi connectivity index (χ2v) is 7.09. The van der Waals surface area contributed by atoms with Gasteiger partial charge in [0.15, 0.2) is 5.13 Å². The summed E-state index contributed by atoms with van der Waals surface area (Å²) in [5, 5.41) is 2.88. The molecule has 0 spiro atoms.